The van der Waals surface area contributed by atoms with Crippen molar-refractivity contribution in [1.29, 1.82) is 0 Å². The van der Waals surface area contributed by atoms with Crippen LogP contribution < -0.4 is 5.32 Å². The number of ether oxygens (including phenoxy) is 1. The van der Waals surface area contributed by atoms with E-state index in [1.54, 1.807) is 0 Å². The standard InChI is InChI=1S/C8H11NO4/c10-7(11)4-1-2-6-5(3-4)9-8(12)13-6/h4-6H,1-3H2,(H,9,12)(H,10,11). The lowest BCUT2D eigenvalue weighted by atomic mass is 9.84. The summed E-state index contributed by atoms with van der Waals surface area (Å²) in [5, 5.41) is 11.4. The van der Waals surface area contributed by atoms with Crippen LogP contribution in [-0.2, 0) is 9.53 Å². The second kappa shape index (κ2) is 2.90. The van der Waals surface area contributed by atoms with E-state index in [0.29, 0.717) is 19.3 Å². The van der Waals surface area contributed by atoms with Gasteiger partial charge >= 0.3 is 12.1 Å². The number of carboxylic acid groups (broad SMARTS) is 1. The van der Waals surface area contributed by atoms with Crippen LogP contribution in [0.5, 0.6) is 0 Å². The van der Waals surface area contributed by atoms with E-state index >= 15 is 0 Å². The predicted octanol–water partition coefficient (Wildman–Crippen LogP) is 0.348. The first-order valence-corrected chi connectivity index (χ1v) is 4.37. The fourth-order valence-corrected chi connectivity index (χ4v) is 1.98. The van der Waals surface area contributed by atoms with Crippen molar-refractivity contribution >= 4 is 12.1 Å². The number of carbonyl (C=O) groups excluding carboxylic acids is 1. The van der Waals surface area contributed by atoms with Crippen LogP contribution in [0.4, 0.5) is 4.79 Å². The largest absolute Gasteiger partial charge is 0.481 e. The zero-order chi connectivity index (χ0) is 9.42. The van der Waals surface area contributed by atoms with Gasteiger partial charge in [-0.2, -0.15) is 0 Å². The van der Waals surface area contributed by atoms with Gasteiger partial charge in [-0.15, -0.1) is 0 Å². The molecule has 0 aromatic carbocycles. The summed E-state index contributed by atoms with van der Waals surface area (Å²) in [6.07, 6.45) is 1.22. The van der Waals surface area contributed by atoms with Gasteiger partial charge in [0.2, 0.25) is 0 Å². The third-order valence-corrected chi connectivity index (χ3v) is 2.70. The molecular formula is C8H11NO4. The number of aliphatic carboxylic acids is 1. The number of amides is 1. The smallest absolute Gasteiger partial charge is 0.407 e. The molecule has 0 bridgehead atoms. The Morgan fingerprint density at radius 1 is 1.54 bits per heavy atom. The van der Waals surface area contributed by atoms with Crippen LogP contribution in [0.25, 0.3) is 0 Å². The van der Waals surface area contributed by atoms with Crippen LogP contribution in [0.3, 0.4) is 0 Å². The summed E-state index contributed by atoms with van der Waals surface area (Å²) in [6.45, 7) is 0. The summed E-state index contributed by atoms with van der Waals surface area (Å²) in [6, 6.07) is -0.0950. The molecule has 72 valence electrons. The number of carbonyl (C=O) groups is 2. The highest BCUT2D eigenvalue weighted by Gasteiger charge is 2.41. The lowest BCUT2D eigenvalue weighted by Crippen LogP contribution is -2.39. The molecule has 0 radical (unpaired) electrons. The molecule has 0 aromatic heterocycles. The topological polar surface area (TPSA) is 75.6 Å². The number of hydrogen-bond donors (Lipinski definition) is 2. The maximum absolute atomic E-state index is 10.8. The number of hydrogen-bond acceptors (Lipinski definition) is 3. The van der Waals surface area contributed by atoms with Crippen molar-refractivity contribution in [2.75, 3.05) is 0 Å². The van der Waals surface area contributed by atoms with E-state index < -0.39 is 12.1 Å². The van der Waals surface area contributed by atoms with Crippen molar-refractivity contribution < 1.29 is 19.4 Å². The second-order valence-electron chi connectivity index (χ2n) is 3.54. The zero-order valence-corrected chi connectivity index (χ0v) is 7.03. The van der Waals surface area contributed by atoms with Crippen molar-refractivity contribution in [3.63, 3.8) is 0 Å². The molecule has 1 amide bonds. The molecule has 2 fully saturated rings. The Hall–Kier alpha value is -1.26. The minimum Gasteiger partial charge on any atom is -0.481 e. The van der Waals surface area contributed by atoms with Gasteiger partial charge < -0.3 is 15.2 Å². The van der Waals surface area contributed by atoms with E-state index in [-0.39, 0.29) is 18.1 Å². The Morgan fingerprint density at radius 3 is 3.00 bits per heavy atom. The van der Waals surface area contributed by atoms with Crippen molar-refractivity contribution in [2.45, 2.75) is 31.4 Å². The second-order valence-corrected chi connectivity index (χ2v) is 3.54. The molecule has 2 aliphatic rings. The molecule has 1 saturated heterocycles. The van der Waals surface area contributed by atoms with E-state index in [1.165, 1.54) is 0 Å². The highest BCUT2D eigenvalue weighted by molar-refractivity contribution is 5.72. The van der Waals surface area contributed by atoms with E-state index in [1.807, 2.05) is 0 Å². The Bertz CT molecular complexity index is 253. The van der Waals surface area contributed by atoms with Crippen LogP contribution in [-0.4, -0.2) is 29.3 Å². The normalized spacial score (nSPS) is 37.5. The van der Waals surface area contributed by atoms with Gasteiger partial charge in [-0.05, 0) is 19.3 Å². The summed E-state index contributed by atoms with van der Waals surface area (Å²) in [5.41, 5.74) is 0. The number of nitrogens with one attached hydrogen (secondary N) is 1. The highest BCUT2D eigenvalue weighted by Crippen LogP contribution is 2.29. The average Bonchev–Trinajstić information content (AvgIpc) is 2.42. The third-order valence-electron chi connectivity index (χ3n) is 2.70. The third kappa shape index (κ3) is 1.46. The average molecular weight is 185 g/mol. The minimum atomic E-state index is -0.778. The van der Waals surface area contributed by atoms with E-state index in [4.69, 9.17) is 9.84 Å². The van der Waals surface area contributed by atoms with Gasteiger partial charge in [0, 0.05) is 0 Å². The first-order valence-electron chi connectivity index (χ1n) is 4.37. The molecule has 3 atom stereocenters. The van der Waals surface area contributed by atoms with Crippen LogP contribution in [0.1, 0.15) is 19.3 Å². The molecule has 2 rings (SSSR count). The molecule has 5 nitrogen and oxygen atoms in total. The lowest BCUT2D eigenvalue weighted by Gasteiger charge is -2.26. The van der Waals surface area contributed by atoms with Gasteiger partial charge in [0.1, 0.15) is 6.10 Å². The zero-order valence-electron chi connectivity index (χ0n) is 7.03. The van der Waals surface area contributed by atoms with Gasteiger partial charge in [0.25, 0.3) is 0 Å². The summed E-state index contributed by atoms with van der Waals surface area (Å²) < 4.78 is 4.95. The van der Waals surface area contributed by atoms with Gasteiger partial charge in [0.15, 0.2) is 0 Å². The van der Waals surface area contributed by atoms with E-state index in [0.717, 1.165) is 0 Å². The Balaban J connectivity index is 2.01. The summed E-state index contributed by atoms with van der Waals surface area (Å²) in [4.78, 5) is 21.5. The van der Waals surface area contributed by atoms with Crippen molar-refractivity contribution in [2.24, 2.45) is 5.92 Å². The van der Waals surface area contributed by atoms with Gasteiger partial charge in [0.05, 0.1) is 12.0 Å². The quantitative estimate of drug-likeness (QED) is 0.618. The van der Waals surface area contributed by atoms with Crippen LogP contribution in [0.2, 0.25) is 0 Å². The fourth-order valence-electron chi connectivity index (χ4n) is 1.98. The molecule has 0 aromatic rings. The number of alkyl carbamates (subject to hydrolysis) is 1. The summed E-state index contributed by atoms with van der Waals surface area (Å²) >= 11 is 0. The van der Waals surface area contributed by atoms with Crippen LogP contribution >= 0.6 is 0 Å². The minimum absolute atomic E-state index is 0.0950. The van der Waals surface area contributed by atoms with Gasteiger partial charge in [-0.25, -0.2) is 4.79 Å². The molecule has 1 saturated carbocycles. The Morgan fingerprint density at radius 2 is 2.31 bits per heavy atom. The Labute approximate surface area is 75.1 Å². The molecule has 13 heavy (non-hydrogen) atoms. The van der Waals surface area contributed by atoms with Gasteiger partial charge in [-0.3, -0.25) is 4.79 Å². The highest BCUT2D eigenvalue weighted by atomic mass is 16.6. The van der Waals surface area contributed by atoms with Gasteiger partial charge in [-0.1, -0.05) is 0 Å². The number of rotatable bonds is 1. The fraction of sp³-hybridized carbons (Fsp3) is 0.750. The predicted molar refractivity (Wildman–Crippen MR) is 42.2 cm³/mol. The molecule has 1 aliphatic carbocycles. The van der Waals surface area contributed by atoms with E-state index in [9.17, 15) is 9.59 Å². The number of carboxylic acids is 1. The van der Waals surface area contributed by atoms with Crippen molar-refractivity contribution in [1.82, 2.24) is 5.32 Å². The monoisotopic (exact) mass is 185 g/mol. The van der Waals surface area contributed by atoms with Crippen molar-refractivity contribution in [3.05, 3.63) is 0 Å². The molecule has 1 aliphatic heterocycles. The maximum Gasteiger partial charge on any atom is 0.407 e. The Kier molecular flexibility index (Phi) is 1.86. The first-order chi connectivity index (χ1) is 6.16. The number of fused-ring (bicyclic) bond motifs is 1. The molecule has 3 unspecified atom stereocenters. The first kappa shape index (κ1) is 8.34. The van der Waals surface area contributed by atoms with E-state index in [2.05, 4.69) is 5.32 Å². The summed E-state index contributed by atoms with van der Waals surface area (Å²) in [5.74, 6) is -1.11. The molecule has 2 N–H and O–H groups in total. The van der Waals surface area contributed by atoms with Crippen molar-refractivity contribution in [3.8, 4) is 0 Å². The maximum atomic E-state index is 10.8. The van der Waals surface area contributed by atoms with Crippen LogP contribution in [0, 0.1) is 5.92 Å². The lowest BCUT2D eigenvalue weighted by molar-refractivity contribution is -0.143. The molecule has 5 heteroatoms. The summed E-state index contributed by atoms with van der Waals surface area (Å²) in [7, 11) is 0. The molecular weight excluding hydrogens is 174 g/mol. The molecule has 0 spiro atoms. The SMILES string of the molecule is O=C1NC2CC(C(=O)O)CCC2O1. The van der Waals surface area contributed by atoms with Crippen LogP contribution in [0.15, 0.2) is 0 Å². The molecule has 1 heterocycles.